The first-order chi connectivity index (χ1) is 5.34. The molecule has 0 bridgehead atoms. The first-order valence-corrected chi connectivity index (χ1v) is 4.30. The van der Waals surface area contributed by atoms with Gasteiger partial charge in [0.1, 0.15) is 0 Å². The van der Waals surface area contributed by atoms with Gasteiger partial charge in [-0.05, 0) is 42.9 Å². The average Bonchev–Trinajstić information content (AvgIpc) is 2.71. The van der Waals surface area contributed by atoms with Gasteiger partial charge in [-0.1, -0.05) is 23.7 Å². The van der Waals surface area contributed by atoms with Gasteiger partial charge in [0.2, 0.25) is 0 Å². The summed E-state index contributed by atoms with van der Waals surface area (Å²) in [6.07, 6.45) is 3.79. The maximum atomic E-state index is 5.84. The third-order valence-corrected chi connectivity index (χ3v) is 2.18. The number of hydrogen-bond donors (Lipinski definition) is 0. The van der Waals surface area contributed by atoms with Crippen molar-refractivity contribution in [1.82, 2.24) is 0 Å². The fourth-order valence-electron chi connectivity index (χ4n) is 1.20. The molecule has 0 heterocycles. The van der Waals surface area contributed by atoms with Gasteiger partial charge >= 0.3 is 0 Å². The molecule has 0 aromatic heterocycles. The van der Waals surface area contributed by atoms with E-state index in [0.717, 1.165) is 11.4 Å². The SMILES string of the molecule is Clc1cccc(C[C]2CC2)c1. The van der Waals surface area contributed by atoms with Crippen LogP contribution in [0.3, 0.4) is 0 Å². The number of benzene rings is 1. The van der Waals surface area contributed by atoms with Crippen LogP contribution in [-0.2, 0) is 6.42 Å². The molecule has 1 heteroatoms. The van der Waals surface area contributed by atoms with Gasteiger partial charge in [0.05, 0.1) is 0 Å². The molecule has 0 amide bonds. The van der Waals surface area contributed by atoms with Crippen molar-refractivity contribution in [1.29, 1.82) is 0 Å². The molecule has 2 rings (SSSR count). The number of hydrogen-bond acceptors (Lipinski definition) is 0. The molecular formula is C10H10Cl. The second-order valence-electron chi connectivity index (χ2n) is 3.06. The molecule has 0 aliphatic heterocycles. The van der Waals surface area contributed by atoms with Crippen molar-refractivity contribution in [2.75, 3.05) is 0 Å². The second kappa shape index (κ2) is 2.86. The molecule has 0 N–H and O–H groups in total. The van der Waals surface area contributed by atoms with Crippen LogP contribution in [-0.4, -0.2) is 0 Å². The van der Waals surface area contributed by atoms with Crippen molar-refractivity contribution in [3.8, 4) is 0 Å². The Bertz CT molecular complexity index is 251. The normalized spacial score (nSPS) is 16.8. The molecule has 0 atom stereocenters. The molecule has 0 spiro atoms. The third kappa shape index (κ3) is 1.97. The lowest BCUT2D eigenvalue weighted by Gasteiger charge is -1.97. The molecule has 0 saturated heterocycles. The predicted octanol–water partition coefficient (Wildman–Crippen LogP) is 3.25. The molecular weight excluding hydrogens is 156 g/mol. The zero-order valence-electron chi connectivity index (χ0n) is 6.31. The van der Waals surface area contributed by atoms with Gasteiger partial charge in [-0.3, -0.25) is 0 Å². The lowest BCUT2D eigenvalue weighted by Crippen LogP contribution is -1.83. The summed E-state index contributed by atoms with van der Waals surface area (Å²) in [6.45, 7) is 0. The van der Waals surface area contributed by atoms with Crippen molar-refractivity contribution in [2.45, 2.75) is 19.3 Å². The highest BCUT2D eigenvalue weighted by atomic mass is 35.5. The highest BCUT2D eigenvalue weighted by molar-refractivity contribution is 6.30. The van der Waals surface area contributed by atoms with E-state index in [4.69, 9.17) is 11.6 Å². The van der Waals surface area contributed by atoms with Crippen LogP contribution < -0.4 is 0 Å². The Balaban J connectivity index is 2.10. The summed E-state index contributed by atoms with van der Waals surface area (Å²) in [5.41, 5.74) is 1.35. The maximum absolute atomic E-state index is 5.84. The van der Waals surface area contributed by atoms with E-state index in [9.17, 15) is 0 Å². The Morgan fingerprint density at radius 2 is 2.09 bits per heavy atom. The van der Waals surface area contributed by atoms with E-state index in [2.05, 4.69) is 6.07 Å². The highest BCUT2D eigenvalue weighted by Gasteiger charge is 2.21. The molecule has 1 aliphatic carbocycles. The third-order valence-electron chi connectivity index (χ3n) is 1.95. The van der Waals surface area contributed by atoms with Gasteiger partial charge in [-0.15, -0.1) is 0 Å². The van der Waals surface area contributed by atoms with Crippen molar-refractivity contribution in [3.05, 3.63) is 40.8 Å². The second-order valence-corrected chi connectivity index (χ2v) is 3.49. The molecule has 1 aromatic rings. The van der Waals surface area contributed by atoms with Gasteiger partial charge in [-0.2, -0.15) is 0 Å². The lowest BCUT2D eigenvalue weighted by molar-refractivity contribution is 1.11. The van der Waals surface area contributed by atoms with Crippen LogP contribution in [0.2, 0.25) is 5.02 Å². The first kappa shape index (κ1) is 7.17. The molecule has 1 aromatic carbocycles. The van der Waals surface area contributed by atoms with E-state index < -0.39 is 0 Å². The van der Waals surface area contributed by atoms with Gasteiger partial charge in [0.25, 0.3) is 0 Å². The fraction of sp³-hybridized carbons (Fsp3) is 0.300. The summed E-state index contributed by atoms with van der Waals surface area (Å²) in [5, 5.41) is 0.851. The molecule has 11 heavy (non-hydrogen) atoms. The molecule has 1 aliphatic rings. The zero-order valence-corrected chi connectivity index (χ0v) is 7.06. The minimum absolute atomic E-state index is 0.851. The highest BCUT2D eigenvalue weighted by Crippen LogP contribution is 2.35. The molecule has 0 unspecified atom stereocenters. The molecule has 1 saturated carbocycles. The van der Waals surface area contributed by atoms with Crippen molar-refractivity contribution >= 4 is 11.6 Å². The van der Waals surface area contributed by atoms with Gasteiger partial charge in [0.15, 0.2) is 0 Å². The monoisotopic (exact) mass is 165 g/mol. The Morgan fingerprint density at radius 1 is 1.27 bits per heavy atom. The molecule has 1 radical (unpaired) electrons. The Kier molecular flexibility index (Phi) is 1.87. The summed E-state index contributed by atoms with van der Waals surface area (Å²) in [6, 6.07) is 8.12. The van der Waals surface area contributed by atoms with Crippen molar-refractivity contribution < 1.29 is 0 Å². The number of halogens is 1. The van der Waals surface area contributed by atoms with Gasteiger partial charge < -0.3 is 0 Å². The largest absolute Gasteiger partial charge is 0.0843 e. The maximum Gasteiger partial charge on any atom is 0.0408 e. The van der Waals surface area contributed by atoms with E-state index in [1.54, 1.807) is 5.92 Å². The number of rotatable bonds is 2. The minimum Gasteiger partial charge on any atom is -0.0843 e. The van der Waals surface area contributed by atoms with Crippen LogP contribution in [0.25, 0.3) is 0 Å². The predicted molar refractivity (Wildman–Crippen MR) is 47.6 cm³/mol. The van der Waals surface area contributed by atoms with Crippen LogP contribution in [0, 0.1) is 5.92 Å². The summed E-state index contributed by atoms with van der Waals surface area (Å²) in [5.74, 6) is 1.66. The van der Waals surface area contributed by atoms with Crippen LogP contribution in [0.5, 0.6) is 0 Å². The first-order valence-electron chi connectivity index (χ1n) is 3.92. The van der Waals surface area contributed by atoms with E-state index >= 15 is 0 Å². The Labute approximate surface area is 72.2 Å². The van der Waals surface area contributed by atoms with E-state index in [1.165, 1.54) is 18.4 Å². The van der Waals surface area contributed by atoms with Crippen LogP contribution in [0.1, 0.15) is 18.4 Å². The van der Waals surface area contributed by atoms with Crippen LogP contribution >= 0.6 is 11.6 Å². The minimum atomic E-state index is 0.851. The summed E-state index contributed by atoms with van der Waals surface area (Å²) in [4.78, 5) is 0. The lowest BCUT2D eigenvalue weighted by atomic mass is 10.1. The van der Waals surface area contributed by atoms with Crippen molar-refractivity contribution in [2.24, 2.45) is 0 Å². The topological polar surface area (TPSA) is 0 Å². The van der Waals surface area contributed by atoms with Crippen LogP contribution in [0.15, 0.2) is 24.3 Å². The summed E-state index contributed by atoms with van der Waals surface area (Å²) < 4.78 is 0. The standard InChI is InChI=1S/C10H10Cl/c11-10-3-1-2-9(7-10)6-8-4-5-8/h1-3,7H,4-6H2. The Hall–Kier alpha value is -0.490. The smallest absolute Gasteiger partial charge is 0.0408 e. The molecule has 0 nitrogen and oxygen atoms in total. The quantitative estimate of drug-likeness (QED) is 0.631. The van der Waals surface area contributed by atoms with E-state index in [0.29, 0.717) is 0 Å². The van der Waals surface area contributed by atoms with Gasteiger partial charge in [0, 0.05) is 5.02 Å². The fourth-order valence-corrected chi connectivity index (χ4v) is 1.41. The van der Waals surface area contributed by atoms with E-state index in [1.807, 2.05) is 18.2 Å². The van der Waals surface area contributed by atoms with E-state index in [-0.39, 0.29) is 0 Å². The molecule has 57 valence electrons. The summed E-state index contributed by atoms with van der Waals surface area (Å²) in [7, 11) is 0. The zero-order chi connectivity index (χ0) is 7.68. The van der Waals surface area contributed by atoms with Crippen molar-refractivity contribution in [3.63, 3.8) is 0 Å². The average molecular weight is 166 g/mol. The van der Waals surface area contributed by atoms with Gasteiger partial charge in [-0.25, -0.2) is 0 Å². The van der Waals surface area contributed by atoms with Crippen LogP contribution in [0.4, 0.5) is 0 Å². The summed E-state index contributed by atoms with van der Waals surface area (Å²) >= 11 is 5.84. The molecule has 1 fully saturated rings. The Morgan fingerprint density at radius 3 is 2.73 bits per heavy atom.